The molecule has 1 spiro atoms. The normalized spacial score (nSPS) is 18.1. The Kier molecular flexibility index (Phi) is 9.96. The zero-order chi connectivity index (χ0) is 42.0. The lowest BCUT2D eigenvalue weighted by atomic mass is 9.77. The minimum atomic E-state index is -1.25. The number of allylic oxidation sites excluding steroid dienone is 1. The molecule has 4 aromatic carbocycles. The Morgan fingerprint density at radius 3 is 2.30 bits per heavy atom. The third-order valence-corrected chi connectivity index (χ3v) is 13.6. The van der Waals surface area contributed by atoms with Crippen LogP contribution in [0.25, 0.3) is 11.0 Å². The molecule has 4 aliphatic heterocycles. The zero-order valence-corrected chi connectivity index (χ0v) is 34.7. The summed E-state index contributed by atoms with van der Waals surface area (Å²) < 4.78 is 34.0. The van der Waals surface area contributed by atoms with E-state index in [1.165, 1.54) is 37.1 Å². The highest BCUT2D eigenvalue weighted by Gasteiger charge is 2.54. The van der Waals surface area contributed by atoms with Gasteiger partial charge in [-0.25, -0.2) is 9.59 Å². The number of β-lactam (4-membered cyclic amide) rings is 1. The summed E-state index contributed by atoms with van der Waals surface area (Å²) in [6.07, 6.45) is 0. The summed E-state index contributed by atoms with van der Waals surface area (Å²) in [5.41, 5.74) is 2.04. The van der Waals surface area contributed by atoms with Gasteiger partial charge in [-0.2, -0.15) is 0 Å². The molecule has 0 bridgehead atoms. The van der Waals surface area contributed by atoms with Crippen molar-refractivity contribution in [3.63, 3.8) is 0 Å². The summed E-state index contributed by atoms with van der Waals surface area (Å²) in [5, 5.41) is 5.48. The average Bonchev–Trinajstić information content (AvgIpc) is 3.54. The minimum Gasteiger partial charge on any atom is -0.497 e. The third-order valence-electron chi connectivity index (χ3n) is 10.9. The first-order valence-corrected chi connectivity index (χ1v) is 20.9. The Bertz CT molecular complexity index is 2740. The van der Waals surface area contributed by atoms with Gasteiger partial charge in [-0.05, 0) is 61.0 Å². The van der Waals surface area contributed by atoms with Crippen LogP contribution < -0.4 is 35.2 Å². The number of esters is 1. The van der Waals surface area contributed by atoms with E-state index in [9.17, 15) is 24.0 Å². The molecule has 0 radical (unpaired) electrons. The number of thioether (sulfide) groups is 2. The maximum atomic E-state index is 13.7. The fourth-order valence-corrected chi connectivity index (χ4v) is 10.7. The average molecular weight is 868 g/mol. The van der Waals surface area contributed by atoms with Crippen molar-refractivity contribution in [1.82, 2.24) is 15.5 Å². The second kappa shape index (κ2) is 15.2. The van der Waals surface area contributed by atoms with E-state index < -0.39 is 41.6 Å². The van der Waals surface area contributed by atoms with Gasteiger partial charge in [0.05, 0.1) is 38.5 Å². The molecule has 9 rings (SSSR count). The molecule has 2 unspecified atom stereocenters. The van der Waals surface area contributed by atoms with E-state index in [1.807, 2.05) is 49.4 Å². The molecule has 1 fully saturated rings. The molecular formula is C43H34ClN3O11S2. The van der Waals surface area contributed by atoms with Gasteiger partial charge in [0.15, 0.2) is 5.60 Å². The van der Waals surface area contributed by atoms with Crippen molar-refractivity contribution >= 4 is 69.8 Å². The van der Waals surface area contributed by atoms with Crippen LogP contribution in [0.2, 0.25) is 5.02 Å². The number of nitrogens with one attached hydrogen (secondary N) is 2. The van der Waals surface area contributed by atoms with E-state index in [0.717, 1.165) is 16.2 Å². The van der Waals surface area contributed by atoms with Crippen LogP contribution >= 0.6 is 35.1 Å². The van der Waals surface area contributed by atoms with Crippen molar-refractivity contribution in [1.29, 1.82) is 0 Å². The van der Waals surface area contributed by atoms with E-state index in [1.54, 1.807) is 43.0 Å². The molecule has 1 aromatic heterocycles. The monoisotopic (exact) mass is 867 g/mol. The van der Waals surface area contributed by atoms with E-state index >= 15 is 0 Å². The third kappa shape index (κ3) is 6.40. The molecule has 5 heterocycles. The van der Waals surface area contributed by atoms with E-state index in [2.05, 4.69) is 10.6 Å². The van der Waals surface area contributed by atoms with Crippen LogP contribution in [-0.4, -0.2) is 79.4 Å². The van der Waals surface area contributed by atoms with Crippen molar-refractivity contribution < 1.29 is 47.3 Å². The fourth-order valence-electron chi connectivity index (χ4n) is 7.83. The van der Waals surface area contributed by atoms with E-state index in [0.29, 0.717) is 67.9 Å². The van der Waals surface area contributed by atoms with Crippen molar-refractivity contribution in [3.8, 4) is 28.7 Å². The van der Waals surface area contributed by atoms with Gasteiger partial charge in [0, 0.05) is 62.4 Å². The number of nitrogens with zero attached hydrogens (tertiary/aromatic N) is 1. The lowest BCUT2D eigenvalue weighted by molar-refractivity contribution is -0.145. The van der Waals surface area contributed by atoms with E-state index in [-0.39, 0.29) is 27.5 Å². The highest BCUT2D eigenvalue weighted by atomic mass is 35.5. The number of benzene rings is 4. The summed E-state index contributed by atoms with van der Waals surface area (Å²) in [6, 6.07) is 20.1. The molecule has 0 saturated carbocycles. The lowest BCUT2D eigenvalue weighted by Crippen LogP contribution is -2.70. The number of carbonyl (C=O) groups is 4. The standard InChI is InChI=1S/C43H34ClN3O11S2/c1-20-22(19-60-40-37(39(50)47(20)40)46-36(48)17-45-38(49)27-11-21-12-31(44)35(55-4)16-32(21)57-41(27)51)18-59-25-7-10-28-26(15-25)42(52)58-43(28)29-8-5-23(53-2)13-33(29)56-34-14-24(54-3)6-9-30(34)43/h5-16,37,40H,17-19H2,1-4H3,(H,45,49)(H,46,48). The SMILES string of the molecule is COc1ccc2c(c1)Oc1cc(OC)ccc1C21OC(=O)c2cc(SCC3=C(C)N4C(=O)C(NC(=O)CNC(=O)c5cc6cc(Cl)c(OC)cc6oc5=O)C4SC3)ccc21. The molecule has 4 aliphatic rings. The van der Waals surface area contributed by atoms with Crippen molar-refractivity contribution in [2.24, 2.45) is 0 Å². The summed E-state index contributed by atoms with van der Waals surface area (Å²) in [7, 11) is 4.57. The van der Waals surface area contributed by atoms with Crippen LogP contribution in [0.3, 0.4) is 0 Å². The van der Waals surface area contributed by atoms with Crippen LogP contribution in [0.15, 0.2) is 98.2 Å². The Labute approximate surface area is 355 Å². The Hall–Kier alpha value is -6.10. The van der Waals surface area contributed by atoms with E-state index in [4.69, 9.17) is 39.7 Å². The Balaban J connectivity index is 0.858. The van der Waals surface area contributed by atoms with Crippen molar-refractivity contribution in [3.05, 3.63) is 127 Å². The van der Waals surface area contributed by atoms with Crippen LogP contribution in [0.1, 0.15) is 44.3 Å². The molecule has 0 aliphatic carbocycles. The topological polar surface area (TPSA) is 172 Å². The largest absolute Gasteiger partial charge is 0.497 e. The molecule has 60 heavy (non-hydrogen) atoms. The molecule has 3 amide bonds. The first-order chi connectivity index (χ1) is 28.9. The number of ether oxygens (including phenoxy) is 5. The summed E-state index contributed by atoms with van der Waals surface area (Å²) in [5.74, 6) is 1.51. The summed E-state index contributed by atoms with van der Waals surface area (Å²) >= 11 is 9.25. The lowest BCUT2D eigenvalue weighted by Gasteiger charge is -2.50. The van der Waals surface area contributed by atoms with Crippen molar-refractivity contribution in [2.75, 3.05) is 39.4 Å². The van der Waals surface area contributed by atoms with Crippen LogP contribution in [0.5, 0.6) is 28.7 Å². The van der Waals surface area contributed by atoms with Crippen LogP contribution in [-0.2, 0) is 19.9 Å². The molecule has 17 heteroatoms. The maximum absolute atomic E-state index is 13.7. The molecule has 1 saturated heterocycles. The number of rotatable bonds is 10. The van der Waals surface area contributed by atoms with Crippen molar-refractivity contribution in [2.45, 2.75) is 28.8 Å². The Morgan fingerprint density at radius 1 is 0.917 bits per heavy atom. The van der Waals surface area contributed by atoms with Gasteiger partial charge in [0.2, 0.25) is 5.91 Å². The molecule has 2 atom stereocenters. The van der Waals surface area contributed by atoms with Gasteiger partial charge in [0.1, 0.15) is 51.3 Å². The predicted octanol–water partition coefficient (Wildman–Crippen LogP) is 6.24. The Morgan fingerprint density at radius 2 is 1.62 bits per heavy atom. The second-order valence-corrected chi connectivity index (χ2v) is 16.8. The number of fused-ring (bicyclic) bond motifs is 8. The molecule has 14 nitrogen and oxygen atoms in total. The number of methoxy groups -OCH3 is 3. The van der Waals surface area contributed by atoms with Gasteiger partial charge < -0.3 is 38.7 Å². The first-order valence-electron chi connectivity index (χ1n) is 18.5. The first kappa shape index (κ1) is 39.4. The summed E-state index contributed by atoms with van der Waals surface area (Å²) in [6.45, 7) is 1.41. The van der Waals surface area contributed by atoms with Crippen LogP contribution in [0.4, 0.5) is 0 Å². The number of amides is 3. The summed E-state index contributed by atoms with van der Waals surface area (Å²) in [4.78, 5) is 67.9. The predicted molar refractivity (Wildman–Crippen MR) is 223 cm³/mol. The number of carbonyl (C=O) groups excluding carboxylic acids is 4. The molecule has 306 valence electrons. The fraction of sp³-hybridized carbons (Fsp3) is 0.233. The smallest absolute Gasteiger partial charge is 0.349 e. The zero-order valence-electron chi connectivity index (χ0n) is 32.3. The second-order valence-electron chi connectivity index (χ2n) is 14.2. The van der Waals surface area contributed by atoms with Gasteiger partial charge in [-0.15, -0.1) is 23.5 Å². The van der Waals surface area contributed by atoms with Gasteiger partial charge in [0.25, 0.3) is 11.8 Å². The van der Waals surface area contributed by atoms with Crippen LogP contribution in [0, 0.1) is 0 Å². The molecule has 2 N–H and O–H groups in total. The molecule has 5 aromatic rings. The van der Waals surface area contributed by atoms with Gasteiger partial charge in [-0.1, -0.05) is 17.7 Å². The maximum Gasteiger partial charge on any atom is 0.349 e. The van der Waals surface area contributed by atoms with Gasteiger partial charge in [-0.3, -0.25) is 19.3 Å². The number of hydrogen-bond acceptors (Lipinski definition) is 13. The number of hydrogen-bond donors (Lipinski definition) is 2. The molecular weight excluding hydrogens is 834 g/mol. The number of halogens is 1. The highest BCUT2D eigenvalue weighted by Crippen LogP contribution is 2.57. The quantitative estimate of drug-likeness (QED) is 0.0701. The minimum absolute atomic E-state index is 0.181. The van der Waals surface area contributed by atoms with Gasteiger partial charge >= 0.3 is 11.6 Å². The highest BCUT2D eigenvalue weighted by molar-refractivity contribution is 8.01.